The van der Waals surface area contributed by atoms with Crippen LogP contribution in [0.1, 0.15) is 20.8 Å². The van der Waals surface area contributed by atoms with Gasteiger partial charge in [-0.05, 0) is 42.2 Å². The van der Waals surface area contributed by atoms with Gasteiger partial charge in [0.2, 0.25) is 0 Å². The summed E-state index contributed by atoms with van der Waals surface area (Å²) in [6.45, 7) is 1.12. The number of carbonyl (C=O) groups excluding carboxylic acids is 1. The van der Waals surface area contributed by atoms with Gasteiger partial charge in [-0.1, -0.05) is 24.3 Å². The van der Waals surface area contributed by atoms with E-state index in [0.29, 0.717) is 13.2 Å². The predicted octanol–water partition coefficient (Wildman–Crippen LogP) is 5.30. The van der Waals surface area contributed by atoms with Gasteiger partial charge in [0.05, 0.1) is 4.88 Å². The van der Waals surface area contributed by atoms with Crippen LogP contribution in [0.25, 0.3) is 10.4 Å². The van der Waals surface area contributed by atoms with Crippen LogP contribution in [-0.4, -0.2) is 24.1 Å². The Kier molecular flexibility index (Phi) is 4.74. The Balaban J connectivity index is 1.54. The monoisotopic (exact) mass is 381 g/mol. The highest BCUT2D eigenvalue weighted by molar-refractivity contribution is 7.98. The molecule has 0 saturated heterocycles. The average Bonchev–Trinajstić information content (AvgIpc) is 3.12. The Morgan fingerprint density at radius 2 is 1.96 bits per heavy atom. The quantitative estimate of drug-likeness (QED) is 0.574. The van der Waals surface area contributed by atoms with Gasteiger partial charge >= 0.3 is 0 Å². The number of thiophene rings is 1. The second-order valence-corrected chi connectivity index (χ2v) is 8.19. The summed E-state index contributed by atoms with van der Waals surface area (Å²) in [5, 5.41) is 0. The standard InChI is InChI=1S/C21H19NO2S2/c1-22(12-14-7-9-16(25-2)10-8-14)21(23)19-11-15-13-24-18-6-4-3-5-17(18)20(15)26-19/h3-11H,12-13H2,1-2H3. The first-order valence-electron chi connectivity index (χ1n) is 8.39. The van der Waals surface area contributed by atoms with Crippen molar-refractivity contribution in [3.63, 3.8) is 0 Å². The Hall–Kier alpha value is -2.24. The molecule has 132 valence electrons. The zero-order valence-corrected chi connectivity index (χ0v) is 16.3. The highest BCUT2D eigenvalue weighted by Crippen LogP contribution is 2.42. The molecule has 3 aromatic rings. The Morgan fingerprint density at radius 3 is 2.73 bits per heavy atom. The summed E-state index contributed by atoms with van der Waals surface area (Å²) in [5.41, 5.74) is 3.30. The van der Waals surface area contributed by atoms with E-state index in [0.717, 1.165) is 32.2 Å². The van der Waals surface area contributed by atoms with Crippen molar-refractivity contribution < 1.29 is 9.53 Å². The minimum atomic E-state index is 0.0517. The highest BCUT2D eigenvalue weighted by atomic mass is 32.2. The topological polar surface area (TPSA) is 29.5 Å². The molecular formula is C21H19NO2S2. The Bertz CT molecular complexity index is 947. The number of carbonyl (C=O) groups is 1. The third kappa shape index (κ3) is 3.24. The zero-order chi connectivity index (χ0) is 18.1. The second kappa shape index (κ2) is 7.17. The molecule has 0 aliphatic carbocycles. The number of hydrogen-bond donors (Lipinski definition) is 0. The lowest BCUT2D eigenvalue weighted by atomic mass is 10.1. The maximum Gasteiger partial charge on any atom is 0.263 e. The molecule has 2 heterocycles. The van der Waals surface area contributed by atoms with Crippen molar-refractivity contribution in [2.45, 2.75) is 18.0 Å². The first-order valence-corrected chi connectivity index (χ1v) is 10.4. The average molecular weight is 382 g/mol. The van der Waals surface area contributed by atoms with Crippen LogP contribution >= 0.6 is 23.1 Å². The van der Waals surface area contributed by atoms with Gasteiger partial charge in [-0.25, -0.2) is 0 Å². The van der Waals surface area contributed by atoms with Gasteiger partial charge < -0.3 is 9.64 Å². The van der Waals surface area contributed by atoms with E-state index < -0.39 is 0 Å². The Labute approximate surface area is 161 Å². The number of amides is 1. The lowest BCUT2D eigenvalue weighted by Crippen LogP contribution is -2.25. The van der Waals surface area contributed by atoms with Crippen LogP contribution < -0.4 is 4.74 Å². The minimum Gasteiger partial charge on any atom is -0.488 e. The number of thioether (sulfide) groups is 1. The summed E-state index contributed by atoms with van der Waals surface area (Å²) in [6.07, 6.45) is 2.06. The second-order valence-electron chi connectivity index (χ2n) is 6.26. The van der Waals surface area contributed by atoms with Crippen molar-refractivity contribution in [1.29, 1.82) is 0 Å². The maximum absolute atomic E-state index is 12.9. The molecule has 0 N–H and O–H groups in total. The summed E-state index contributed by atoms with van der Waals surface area (Å²) in [5.74, 6) is 0.943. The number of rotatable bonds is 4. The summed E-state index contributed by atoms with van der Waals surface area (Å²) >= 11 is 3.28. The number of benzene rings is 2. The third-order valence-electron chi connectivity index (χ3n) is 4.46. The zero-order valence-electron chi connectivity index (χ0n) is 14.7. The van der Waals surface area contributed by atoms with Gasteiger partial charge in [0.15, 0.2) is 0 Å². The van der Waals surface area contributed by atoms with Crippen molar-refractivity contribution in [2.24, 2.45) is 0 Å². The van der Waals surface area contributed by atoms with Gasteiger partial charge in [0.25, 0.3) is 5.91 Å². The molecule has 1 aromatic heterocycles. The van der Waals surface area contributed by atoms with Crippen molar-refractivity contribution in [3.8, 4) is 16.2 Å². The van der Waals surface area contributed by atoms with E-state index in [4.69, 9.17) is 4.74 Å². The molecule has 1 aliphatic heterocycles. The summed E-state index contributed by atoms with van der Waals surface area (Å²) in [4.78, 5) is 17.8. The maximum atomic E-state index is 12.9. The van der Waals surface area contributed by atoms with Gasteiger partial charge in [-0.3, -0.25) is 4.79 Å². The molecule has 0 unspecified atom stereocenters. The Morgan fingerprint density at radius 1 is 1.19 bits per heavy atom. The molecule has 0 atom stereocenters. The number of ether oxygens (including phenoxy) is 1. The van der Waals surface area contributed by atoms with E-state index in [2.05, 4.69) is 36.6 Å². The summed E-state index contributed by atoms with van der Waals surface area (Å²) in [6, 6.07) is 18.3. The van der Waals surface area contributed by atoms with E-state index in [1.54, 1.807) is 28.0 Å². The van der Waals surface area contributed by atoms with Gasteiger partial charge in [0.1, 0.15) is 12.4 Å². The van der Waals surface area contributed by atoms with Gasteiger partial charge in [-0.2, -0.15) is 0 Å². The number of para-hydroxylation sites is 1. The van der Waals surface area contributed by atoms with E-state index in [-0.39, 0.29) is 5.91 Å². The summed E-state index contributed by atoms with van der Waals surface area (Å²) in [7, 11) is 1.86. The van der Waals surface area contributed by atoms with E-state index in [1.807, 2.05) is 31.3 Å². The third-order valence-corrected chi connectivity index (χ3v) is 6.40. The fraction of sp³-hybridized carbons (Fsp3) is 0.190. The number of hydrogen-bond acceptors (Lipinski definition) is 4. The normalized spacial score (nSPS) is 12.1. The molecule has 26 heavy (non-hydrogen) atoms. The molecule has 0 radical (unpaired) electrons. The first kappa shape index (κ1) is 17.2. The van der Waals surface area contributed by atoms with Crippen LogP contribution in [0.15, 0.2) is 59.5 Å². The SMILES string of the molecule is CSc1ccc(CN(C)C(=O)c2cc3c(s2)-c2ccccc2OC3)cc1. The molecule has 0 spiro atoms. The van der Waals surface area contributed by atoms with Crippen LogP contribution in [0.4, 0.5) is 0 Å². The van der Waals surface area contributed by atoms with Crippen LogP contribution in [-0.2, 0) is 13.2 Å². The van der Waals surface area contributed by atoms with E-state index in [1.165, 1.54) is 4.90 Å². The molecular weight excluding hydrogens is 362 g/mol. The predicted molar refractivity (Wildman–Crippen MR) is 108 cm³/mol. The van der Waals surface area contributed by atoms with Crippen molar-refractivity contribution in [1.82, 2.24) is 4.90 Å². The minimum absolute atomic E-state index is 0.0517. The fourth-order valence-corrected chi connectivity index (χ4v) is 4.67. The first-order chi connectivity index (χ1) is 12.7. The summed E-state index contributed by atoms with van der Waals surface area (Å²) < 4.78 is 5.80. The molecule has 3 nitrogen and oxygen atoms in total. The molecule has 2 aromatic carbocycles. The lowest BCUT2D eigenvalue weighted by molar-refractivity contribution is 0.0790. The van der Waals surface area contributed by atoms with Crippen molar-refractivity contribution in [3.05, 3.63) is 70.6 Å². The van der Waals surface area contributed by atoms with Gasteiger partial charge in [-0.15, -0.1) is 23.1 Å². The molecule has 1 aliphatic rings. The highest BCUT2D eigenvalue weighted by Gasteiger charge is 2.23. The smallest absolute Gasteiger partial charge is 0.263 e. The number of nitrogens with zero attached hydrogens (tertiary/aromatic N) is 1. The largest absolute Gasteiger partial charge is 0.488 e. The molecule has 0 saturated carbocycles. The van der Waals surface area contributed by atoms with Crippen LogP contribution in [0.2, 0.25) is 0 Å². The fourth-order valence-electron chi connectivity index (χ4n) is 3.07. The molecule has 0 fully saturated rings. The van der Waals surface area contributed by atoms with Crippen molar-refractivity contribution >= 4 is 29.0 Å². The molecule has 4 rings (SSSR count). The lowest BCUT2D eigenvalue weighted by Gasteiger charge is -2.16. The van der Waals surface area contributed by atoms with Crippen LogP contribution in [0.3, 0.4) is 0 Å². The van der Waals surface area contributed by atoms with E-state index >= 15 is 0 Å². The molecule has 5 heteroatoms. The van der Waals surface area contributed by atoms with Crippen LogP contribution in [0, 0.1) is 0 Å². The van der Waals surface area contributed by atoms with Crippen molar-refractivity contribution in [2.75, 3.05) is 13.3 Å². The molecule has 0 bridgehead atoms. The number of fused-ring (bicyclic) bond motifs is 3. The van der Waals surface area contributed by atoms with Gasteiger partial charge in [0, 0.05) is 34.5 Å². The van der Waals surface area contributed by atoms with Crippen LogP contribution in [0.5, 0.6) is 5.75 Å². The molecule has 1 amide bonds. The van der Waals surface area contributed by atoms with E-state index in [9.17, 15) is 4.79 Å².